The molecule has 0 atom stereocenters. The SMILES string of the molecule is COc1cc(C)c(Cl)c(C)c1C(=O)C(C)(C)C#N. The lowest BCUT2D eigenvalue weighted by Gasteiger charge is -2.19. The minimum Gasteiger partial charge on any atom is -0.496 e. The Kier molecular flexibility index (Phi) is 4.03. The van der Waals surface area contributed by atoms with E-state index in [0.717, 1.165) is 5.56 Å². The zero-order valence-corrected chi connectivity index (χ0v) is 12.0. The number of rotatable bonds is 3. The molecule has 1 aromatic rings. The van der Waals surface area contributed by atoms with Crippen LogP contribution in [0.4, 0.5) is 0 Å². The molecule has 0 saturated heterocycles. The number of halogens is 1. The zero-order valence-electron chi connectivity index (χ0n) is 11.2. The molecule has 0 heterocycles. The molecule has 0 aliphatic heterocycles. The summed E-state index contributed by atoms with van der Waals surface area (Å²) in [5, 5.41) is 9.59. The van der Waals surface area contributed by atoms with E-state index < -0.39 is 5.41 Å². The molecule has 0 spiro atoms. The summed E-state index contributed by atoms with van der Waals surface area (Å²) in [7, 11) is 1.50. The average molecular weight is 266 g/mol. The number of benzene rings is 1. The molecule has 0 saturated carbocycles. The van der Waals surface area contributed by atoms with Crippen LogP contribution in [0.25, 0.3) is 0 Å². The molecular weight excluding hydrogens is 250 g/mol. The molecular formula is C14H16ClNO2. The molecule has 0 radical (unpaired) electrons. The van der Waals surface area contributed by atoms with Crippen molar-refractivity contribution in [2.24, 2.45) is 5.41 Å². The van der Waals surface area contributed by atoms with E-state index in [2.05, 4.69) is 0 Å². The smallest absolute Gasteiger partial charge is 0.186 e. The van der Waals surface area contributed by atoms with Gasteiger partial charge in [-0.2, -0.15) is 5.26 Å². The molecule has 0 bridgehead atoms. The minimum atomic E-state index is -1.10. The van der Waals surface area contributed by atoms with Gasteiger partial charge in [-0.1, -0.05) is 11.6 Å². The summed E-state index contributed by atoms with van der Waals surface area (Å²) in [4.78, 5) is 12.4. The number of hydrogen-bond acceptors (Lipinski definition) is 3. The number of Topliss-reactive ketones (excluding diaryl/α,β-unsaturated/α-hetero) is 1. The summed E-state index contributed by atoms with van der Waals surface area (Å²) in [5.74, 6) is 0.184. The Morgan fingerprint density at radius 1 is 1.44 bits per heavy atom. The summed E-state index contributed by atoms with van der Waals surface area (Å²) >= 11 is 6.16. The van der Waals surface area contributed by atoms with Gasteiger partial charge in [0.25, 0.3) is 0 Å². The van der Waals surface area contributed by atoms with E-state index in [-0.39, 0.29) is 5.78 Å². The van der Waals surface area contributed by atoms with Crippen molar-refractivity contribution in [3.8, 4) is 11.8 Å². The third-order valence-electron chi connectivity index (χ3n) is 2.94. The van der Waals surface area contributed by atoms with Crippen molar-refractivity contribution in [1.82, 2.24) is 0 Å². The van der Waals surface area contributed by atoms with E-state index >= 15 is 0 Å². The van der Waals surface area contributed by atoms with Crippen LogP contribution in [0.2, 0.25) is 5.02 Å². The number of hydrogen-bond donors (Lipinski definition) is 0. The van der Waals surface area contributed by atoms with Gasteiger partial charge >= 0.3 is 0 Å². The molecule has 3 nitrogen and oxygen atoms in total. The van der Waals surface area contributed by atoms with E-state index in [0.29, 0.717) is 21.9 Å². The molecule has 0 aliphatic rings. The third kappa shape index (κ3) is 2.34. The summed E-state index contributed by atoms with van der Waals surface area (Å²) in [6.45, 7) is 6.78. The van der Waals surface area contributed by atoms with Crippen molar-refractivity contribution in [3.63, 3.8) is 0 Å². The van der Waals surface area contributed by atoms with Crippen LogP contribution in [0.3, 0.4) is 0 Å². The average Bonchev–Trinajstić information content (AvgIpc) is 2.34. The topological polar surface area (TPSA) is 50.1 Å². The molecule has 0 amide bonds. The van der Waals surface area contributed by atoms with Gasteiger partial charge in [-0.25, -0.2) is 0 Å². The summed E-state index contributed by atoms with van der Waals surface area (Å²) in [6.07, 6.45) is 0. The number of aryl methyl sites for hydroxylation is 1. The molecule has 1 rings (SSSR count). The Balaban J connectivity index is 3.56. The highest BCUT2D eigenvalue weighted by Crippen LogP contribution is 2.35. The lowest BCUT2D eigenvalue weighted by molar-refractivity contribution is 0.0888. The Labute approximate surface area is 112 Å². The number of methoxy groups -OCH3 is 1. The van der Waals surface area contributed by atoms with Crippen LogP contribution in [-0.4, -0.2) is 12.9 Å². The molecule has 0 fully saturated rings. The van der Waals surface area contributed by atoms with Crippen molar-refractivity contribution in [1.29, 1.82) is 5.26 Å². The van der Waals surface area contributed by atoms with E-state index in [9.17, 15) is 4.79 Å². The lowest BCUT2D eigenvalue weighted by Crippen LogP contribution is -2.24. The number of carbonyl (C=O) groups excluding carboxylic acids is 1. The Bertz CT molecular complexity index is 542. The first-order valence-electron chi connectivity index (χ1n) is 5.56. The van der Waals surface area contributed by atoms with Crippen LogP contribution in [0.1, 0.15) is 35.3 Å². The van der Waals surface area contributed by atoms with Gasteiger partial charge in [0.1, 0.15) is 11.2 Å². The molecule has 0 unspecified atom stereocenters. The number of ketones is 1. The van der Waals surface area contributed by atoms with Crippen molar-refractivity contribution < 1.29 is 9.53 Å². The first-order valence-corrected chi connectivity index (χ1v) is 5.93. The van der Waals surface area contributed by atoms with Crippen molar-refractivity contribution in [2.75, 3.05) is 7.11 Å². The zero-order chi connectivity index (χ0) is 14.1. The standard InChI is InChI=1S/C14H16ClNO2/c1-8-6-10(18-5)11(9(2)12(8)15)13(17)14(3,4)7-16/h6H,1-5H3. The van der Waals surface area contributed by atoms with E-state index in [4.69, 9.17) is 21.6 Å². The van der Waals surface area contributed by atoms with Gasteiger partial charge in [0.2, 0.25) is 0 Å². The quantitative estimate of drug-likeness (QED) is 0.783. The Hall–Kier alpha value is -1.53. The van der Waals surface area contributed by atoms with Crippen LogP contribution in [0, 0.1) is 30.6 Å². The maximum Gasteiger partial charge on any atom is 0.186 e. The van der Waals surface area contributed by atoms with Crippen molar-refractivity contribution in [2.45, 2.75) is 27.7 Å². The van der Waals surface area contributed by atoms with Gasteiger partial charge < -0.3 is 4.74 Å². The largest absolute Gasteiger partial charge is 0.496 e. The third-order valence-corrected chi connectivity index (χ3v) is 3.52. The van der Waals surface area contributed by atoms with E-state index in [1.54, 1.807) is 26.8 Å². The second kappa shape index (κ2) is 4.99. The monoisotopic (exact) mass is 265 g/mol. The summed E-state index contributed by atoms with van der Waals surface area (Å²) in [5.41, 5.74) is 0.787. The first-order chi connectivity index (χ1) is 8.26. The molecule has 0 N–H and O–H groups in total. The van der Waals surface area contributed by atoms with Gasteiger partial charge in [-0.15, -0.1) is 0 Å². The Morgan fingerprint density at radius 3 is 2.44 bits per heavy atom. The number of nitriles is 1. The molecule has 4 heteroatoms. The van der Waals surface area contributed by atoms with Crippen LogP contribution >= 0.6 is 11.6 Å². The predicted octanol–water partition coefficient (Wildman–Crippen LogP) is 3.70. The summed E-state index contributed by atoms with van der Waals surface area (Å²) in [6, 6.07) is 3.72. The lowest BCUT2D eigenvalue weighted by atomic mass is 9.83. The number of carbonyl (C=O) groups is 1. The Morgan fingerprint density at radius 2 is 2.00 bits per heavy atom. The number of nitrogens with zero attached hydrogens (tertiary/aromatic N) is 1. The van der Waals surface area contributed by atoms with Crippen molar-refractivity contribution in [3.05, 3.63) is 27.8 Å². The van der Waals surface area contributed by atoms with Gasteiger partial charge in [-0.3, -0.25) is 4.79 Å². The fraction of sp³-hybridized carbons (Fsp3) is 0.429. The molecule has 0 aromatic heterocycles. The van der Waals surface area contributed by atoms with Gasteiger partial charge in [0.05, 0.1) is 18.7 Å². The van der Waals surface area contributed by atoms with Gasteiger partial charge in [0, 0.05) is 5.02 Å². The fourth-order valence-electron chi connectivity index (χ4n) is 1.73. The van der Waals surface area contributed by atoms with Crippen LogP contribution in [0.5, 0.6) is 5.75 Å². The normalized spacial score (nSPS) is 10.9. The van der Waals surface area contributed by atoms with Crippen LogP contribution in [-0.2, 0) is 0 Å². The van der Waals surface area contributed by atoms with Crippen molar-refractivity contribution >= 4 is 17.4 Å². The minimum absolute atomic E-state index is 0.277. The van der Waals surface area contributed by atoms with Gasteiger partial charge in [-0.05, 0) is 44.9 Å². The number of ether oxygens (including phenoxy) is 1. The van der Waals surface area contributed by atoms with E-state index in [1.165, 1.54) is 7.11 Å². The van der Waals surface area contributed by atoms with E-state index in [1.807, 2.05) is 13.0 Å². The van der Waals surface area contributed by atoms with Gasteiger partial charge in [0.15, 0.2) is 5.78 Å². The maximum absolute atomic E-state index is 12.4. The molecule has 18 heavy (non-hydrogen) atoms. The first kappa shape index (κ1) is 14.5. The maximum atomic E-state index is 12.4. The molecule has 96 valence electrons. The second-order valence-electron chi connectivity index (χ2n) is 4.78. The fourth-order valence-corrected chi connectivity index (χ4v) is 1.88. The predicted molar refractivity (Wildman–Crippen MR) is 71.2 cm³/mol. The van der Waals surface area contributed by atoms with Crippen LogP contribution < -0.4 is 4.74 Å². The highest BCUT2D eigenvalue weighted by Gasteiger charge is 2.32. The highest BCUT2D eigenvalue weighted by molar-refractivity contribution is 6.32. The van der Waals surface area contributed by atoms with Crippen LogP contribution in [0.15, 0.2) is 6.07 Å². The second-order valence-corrected chi connectivity index (χ2v) is 5.15. The molecule has 0 aliphatic carbocycles. The molecule has 1 aromatic carbocycles. The summed E-state index contributed by atoms with van der Waals surface area (Å²) < 4.78 is 5.23. The highest BCUT2D eigenvalue weighted by atomic mass is 35.5.